The minimum absolute atomic E-state index is 0.855. The van der Waals surface area contributed by atoms with E-state index in [1.165, 1.54) is 71.7 Å². The molecular weight excluding hydrogens is 445 g/mol. The Kier molecular flexibility index (Phi) is 7.95. The van der Waals surface area contributed by atoms with Gasteiger partial charge in [-0.25, -0.2) is 4.79 Å². The summed E-state index contributed by atoms with van der Waals surface area (Å²) in [5.74, 6) is -1.56. The SMILES string of the molecule is Cc1cc(C)c(N2CCCc3c2nn(C)c3CCCN(C)C2CC2)c(C)c1.O=C(O)C(F)(F)F. The lowest BCUT2D eigenvalue weighted by Gasteiger charge is -2.31. The van der Waals surface area contributed by atoms with Crippen LogP contribution in [0.4, 0.5) is 24.7 Å². The summed E-state index contributed by atoms with van der Waals surface area (Å²) in [6.45, 7) is 8.93. The third-order valence-corrected chi connectivity index (χ3v) is 6.56. The van der Waals surface area contributed by atoms with Gasteiger partial charge in [-0.15, -0.1) is 0 Å². The average molecular weight is 481 g/mol. The maximum absolute atomic E-state index is 10.6. The highest BCUT2D eigenvalue weighted by molar-refractivity contribution is 5.73. The van der Waals surface area contributed by atoms with Crippen LogP contribution in [0.1, 0.15) is 53.6 Å². The quantitative estimate of drug-likeness (QED) is 0.624. The van der Waals surface area contributed by atoms with E-state index in [2.05, 4.69) is 61.5 Å². The molecule has 1 saturated carbocycles. The highest BCUT2D eigenvalue weighted by atomic mass is 19.4. The monoisotopic (exact) mass is 480 g/mol. The number of nitrogens with zero attached hydrogens (tertiary/aromatic N) is 4. The Labute approximate surface area is 199 Å². The summed E-state index contributed by atoms with van der Waals surface area (Å²) in [5, 5.41) is 12.1. The highest BCUT2D eigenvalue weighted by Gasteiger charge is 2.38. The first-order valence-corrected chi connectivity index (χ1v) is 11.8. The van der Waals surface area contributed by atoms with Crippen molar-refractivity contribution in [3.63, 3.8) is 0 Å². The predicted octanol–water partition coefficient (Wildman–Crippen LogP) is 5.09. The summed E-state index contributed by atoms with van der Waals surface area (Å²) in [6.07, 6.45) is 2.43. The summed E-state index contributed by atoms with van der Waals surface area (Å²) in [6, 6.07) is 5.45. The van der Waals surface area contributed by atoms with E-state index in [0.29, 0.717) is 0 Å². The van der Waals surface area contributed by atoms with Crippen molar-refractivity contribution in [2.24, 2.45) is 7.05 Å². The van der Waals surface area contributed by atoms with E-state index in [4.69, 9.17) is 15.0 Å². The van der Waals surface area contributed by atoms with Crippen molar-refractivity contribution in [2.75, 3.05) is 25.0 Å². The Morgan fingerprint density at radius 3 is 2.32 bits per heavy atom. The fourth-order valence-corrected chi connectivity index (χ4v) is 4.90. The first kappa shape index (κ1) is 26.1. The summed E-state index contributed by atoms with van der Waals surface area (Å²) < 4.78 is 33.9. The van der Waals surface area contributed by atoms with Gasteiger partial charge in [0.2, 0.25) is 0 Å². The number of hydrogen-bond acceptors (Lipinski definition) is 4. The van der Waals surface area contributed by atoms with Crippen molar-refractivity contribution in [2.45, 2.75) is 71.5 Å². The van der Waals surface area contributed by atoms with E-state index < -0.39 is 12.1 Å². The van der Waals surface area contributed by atoms with Crippen molar-refractivity contribution < 1.29 is 23.1 Å². The summed E-state index contributed by atoms with van der Waals surface area (Å²) >= 11 is 0. The molecule has 1 aliphatic carbocycles. The summed E-state index contributed by atoms with van der Waals surface area (Å²) in [5.41, 5.74) is 8.35. The first-order valence-electron chi connectivity index (χ1n) is 11.8. The zero-order valence-corrected chi connectivity index (χ0v) is 20.7. The Morgan fingerprint density at radius 2 is 1.79 bits per heavy atom. The van der Waals surface area contributed by atoms with Gasteiger partial charge in [0.05, 0.1) is 0 Å². The maximum atomic E-state index is 10.6. The van der Waals surface area contributed by atoms with Crippen LogP contribution in [0.3, 0.4) is 0 Å². The van der Waals surface area contributed by atoms with E-state index >= 15 is 0 Å². The number of carboxylic acids is 1. The van der Waals surface area contributed by atoms with E-state index in [0.717, 1.165) is 25.4 Å². The van der Waals surface area contributed by atoms with E-state index in [1.54, 1.807) is 0 Å². The maximum Gasteiger partial charge on any atom is 0.490 e. The molecule has 4 rings (SSSR count). The predicted molar refractivity (Wildman–Crippen MR) is 127 cm³/mol. The van der Waals surface area contributed by atoms with Gasteiger partial charge in [-0.05, 0) is 84.0 Å². The molecular formula is C25H35F3N4O2. The van der Waals surface area contributed by atoms with Crippen LogP contribution in [0.2, 0.25) is 0 Å². The largest absolute Gasteiger partial charge is 0.490 e. The summed E-state index contributed by atoms with van der Waals surface area (Å²) in [4.78, 5) is 13.9. The normalized spacial score (nSPS) is 15.7. The number of carboxylic acid groups (broad SMARTS) is 1. The molecule has 34 heavy (non-hydrogen) atoms. The molecule has 1 aromatic heterocycles. The number of alkyl halides is 3. The van der Waals surface area contributed by atoms with Crippen molar-refractivity contribution >= 4 is 17.5 Å². The van der Waals surface area contributed by atoms with Crippen LogP contribution in [-0.2, 0) is 24.7 Å². The molecule has 0 amide bonds. The molecule has 9 heteroatoms. The van der Waals surface area contributed by atoms with Crippen LogP contribution in [0.5, 0.6) is 0 Å². The Morgan fingerprint density at radius 1 is 1.21 bits per heavy atom. The molecule has 1 aliphatic heterocycles. The number of aromatic nitrogens is 2. The molecule has 0 saturated heterocycles. The number of benzene rings is 1. The van der Waals surface area contributed by atoms with Crippen LogP contribution < -0.4 is 4.90 Å². The molecule has 0 atom stereocenters. The molecule has 0 radical (unpaired) electrons. The lowest BCUT2D eigenvalue weighted by Crippen LogP contribution is -2.26. The van der Waals surface area contributed by atoms with Crippen molar-refractivity contribution in [3.05, 3.63) is 40.1 Å². The third-order valence-electron chi connectivity index (χ3n) is 6.56. The van der Waals surface area contributed by atoms with Crippen molar-refractivity contribution in [1.29, 1.82) is 0 Å². The van der Waals surface area contributed by atoms with Crippen LogP contribution in [0, 0.1) is 20.8 Å². The molecule has 1 aromatic carbocycles. The molecule has 2 aromatic rings. The molecule has 188 valence electrons. The first-order chi connectivity index (χ1) is 15.9. The molecule has 0 unspecified atom stereocenters. The number of halogens is 3. The second-order valence-electron chi connectivity index (χ2n) is 9.49. The topological polar surface area (TPSA) is 61.6 Å². The van der Waals surface area contributed by atoms with Crippen LogP contribution in [0.15, 0.2) is 12.1 Å². The summed E-state index contributed by atoms with van der Waals surface area (Å²) in [7, 11) is 4.41. The number of aryl methyl sites for hydroxylation is 4. The Balaban J connectivity index is 0.000000406. The molecule has 0 spiro atoms. The highest BCUT2D eigenvalue weighted by Crippen LogP contribution is 2.38. The second kappa shape index (κ2) is 10.4. The fourth-order valence-electron chi connectivity index (χ4n) is 4.90. The van der Waals surface area contributed by atoms with Crippen LogP contribution in [-0.4, -0.2) is 58.1 Å². The van der Waals surface area contributed by atoms with Gasteiger partial charge < -0.3 is 14.9 Å². The average Bonchev–Trinajstić information content (AvgIpc) is 3.52. The molecule has 1 N–H and O–H groups in total. The zero-order chi connectivity index (χ0) is 25.2. The van der Waals surface area contributed by atoms with Crippen LogP contribution >= 0.6 is 0 Å². The lowest BCUT2D eigenvalue weighted by molar-refractivity contribution is -0.192. The van der Waals surface area contributed by atoms with Crippen molar-refractivity contribution in [1.82, 2.24) is 14.7 Å². The van der Waals surface area contributed by atoms with Gasteiger partial charge in [-0.2, -0.15) is 18.3 Å². The fraction of sp³-hybridized carbons (Fsp3) is 0.600. The minimum Gasteiger partial charge on any atom is -0.475 e. The molecule has 2 heterocycles. The standard InChI is InChI=1S/C23H34N4.C2HF3O2/c1-16-14-17(2)22(18(3)15-16)27-13-6-8-20-21(26(5)24-23(20)27)9-7-12-25(4)19-10-11-19;3-2(4,5)1(6)7/h14-15,19H,6-13H2,1-5H3;(H,6,7). The van der Waals surface area contributed by atoms with Gasteiger partial charge in [0.25, 0.3) is 0 Å². The zero-order valence-electron chi connectivity index (χ0n) is 20.7. The van der Waals surface area contributed by atoms with Crippen molar-refractivity contribution in [3.8, 4) is 0 Å². The number of fused-ring (bicyclic) bond motifs is 1. The Hall–Kier alpha value is -2.55. The van der Waals surface area contributed by atoms with Gasteiger partial charge in [0.1, 0.15) is 0 Å². The van der Waals surface area contributed by atoms with E-state index in [9.17, 15) is 13.2 Å². The lowest BCUT2D eigenvalue weighted by atomic mass is 9.98. The number of hydrogen-bond donors (Lipinski definition) is 1. The number of aliphatic carboxylic acids is 1. The van der Waals surface area contributed by atoms with Crippen LogP contribution in [0.25, 0.3) is 0 Å². The Bertz CT molecular complexity index is 1000. The molecule has 1 fully saturated rings. The number of rotatable bonds is 6. The van der Waals surface area contributed by atoms with E-state index in [-0.39, 0.29) is 0 Å². The van der Waals surface area contributed by atoms with Gasteiger partial charge in [0.15, 0.2) is 5.82 Å². The minimum atomic E-state index is -5.08. The molecule has 6 nitrogen and oxygen atoms in total. The molecule has 2 aliphatic rings. The van der Waals surface area contributed by atoms with Gasteiger partial charge in [-0.1, -0.05) is 17.7 Å². The molecule has 0 bridgehead atoms. The number of anilines is 2. The van der Waals surface area contributed by atoms with Gasteiger partial charge in [0, 0.05) is 36.6 Å². The van der Waals surface area contributed by atoms with Gasteiger partial charge >= 0.3 is 12.1 Å². The van der Waals surface area contributed by atoms with E-state index in [1.807, 2.05) is 0 Å². The third kappa shape index (κ3) is 6.11. The van der Waals surface area contributed by atoms with Gasteiger partial charge in [-0.3, -0.25) is 4.68 Å². The number of carbonyl (C=O) groups is 1. The smallest absolute Gasteiger partial charge is 0.475 e. The second-order valence-corrected chi connectivity index (χ2v) is 9.49.